The topological polar surface area (TPSA) is 66.4 Å². The molecule has 1 amide bonds. The van der Waals surface area contributed by atoms with Crippen molar-refractivity contribution in [1.29, 1.82) is 0 Å². The minimum absolute atomic E-state index is 0.140. The third-order valence-electron chi connectivity index (χ3n) is 2.92. The monoisotopic (exact) mass is 263 g/mol. The molecule has 100 valence electrons. The van der Waals surface area contributed by atoms with E-state index in [1.165, 1.54) is 12.1 Å². The molecule has 0 heterocycles. The van der Waals surface area contributed by atoms with Crippen molar-refractivity contribution in [1.82, 2.24) is 5.32 Å². The first-order chi connectivity index (χ1) is 9.06. The molecule has 0 atom stereocenters. The molecule has 1 aliphatic carbocycles. The predicted octanol–water partition coefficient (Wildman–Crippen LogP) is 2.06. The number of hydrogen-bond donors (Lipinski definition) is 2. The van der Waals surface area contributed by atoms with Crippen LogP contribution >= 0.6 is 0 Å². The van der Waals surface area contributed by atoms with Gasteiger partial charge in [-0.05, 0) is 37.0 Å². The molecule has 5 heteroatoms. The lowest BCUT2D eigenvalue weighted by Gasteiger charge is -2.05. The van der Waals surface area contributed by atoms with Crippen molar-refractivity contribution in [3.8, 4) is 0 Å². The molecule has 1 saturated carbocycles. The standard InChI is InChI=1S/C14H14FNO3/c15-12-7-11(14(19)16-8-9-1-2-9)4-3-10(12)5-6-13(17)18/h3-7,9H,1-2,8H2,(H,16,19)(H,17,18). The van der Waals surface area contributed by atoms with Gasteiger partial charge in [-0.3, -0.25) is 4.79 Å². The summed E-state index contributed by atoms with van der Waals surface area (Å²) in [5.74, 6) is -1.51. The summed E-state index contributed by atoms with van der Waals surface area (Å²) in [6.07, 6.45) is 4.27. The smallest absolute Gasteiger partial charge is 0.328 e. The molecule has 0 spiro atoms. The molecule has 0 saturated heterocycles. The Bertz CT molecular complexity index is 535. The molecule has 0 aromatic heterocycles. The number of carbonyl (C=O) groups excluding carboxylic acids is 1. The molecule has 2 rings (SSSR count). The van der Waals surface area contributed by atoms with Gasteiger partial charge in [0.05, 0.1) is 0 Å². The number of carboxylic acid groups (broad SMARTS) is 1. The number of nitrogens with one attached hydrogen (secondary N) is 1. The molecule has 1 aromatic rings. The van der Waals surface area contributed by atoms with Gasteiger partial charge in [0.2, 0.25) is 0 Å². The van der Waals surface area contributed by atoms with Crippen molar-refractivity contribution in [3.05, 3.63) is 41.2 Å². The largest absolute Gasteiger partial charge is 0.478 e. The Balaban J connectivity index is 2.04. The van der Waals surface area contributed by atoms with Crippen LogP contribution in [0.25, 0.3) is 6.08 Å². The maximum absolute atomic E-state index is 13.6. The second-order valence-electron chi connectivity index (χ2n) is 4.56. The Hall–Kier alpha value is -2.17. The van der Waals surface area contributed by atoms with Gasteiger partial charge in [-0.15, -0.1) is 0 Å². The van der Waals surface area contributed by atoms with Gasteiger partial charge >= 0.3 is 5.97 Å². The van der Waals surface area contributed by atoms with Crippen molar-refractivity contribution < 1.29 is 19.1 Å². The van der Waals surface area contributed by atoms with Gasteiger partial charge in [-0.2, -0.15) is 0 Å². The highest BCUT2D eigenvalue weighted by Gasteiger charge is 2.21. The van der Waals surface area contributed by atoms with E-state index in [1.54, 1.807) is 0 Å². The van der Waals surface area contributed by atoms with Crippen LogP contribution in [-0.4, -0.2) is 23.5 Å². The van der Waals surface area contributed by atoms with Gasteiger partial charge < -0.3 is 10.4 Å². The van der Waals surface area contributed by atoms with Gasteiger partial charge in [0.25, 0.3) is 5.91 Å². The molecule has 2 N–H and O–H groups in total. The average molecular weight is 263 g/mol. The molecule has 0 bridgehead atoms. The number of aliphatic carboxylic acids is 1. The lowest BCUT2D eigenvalue weighted by atomic mass is 10.1. The lowest BCUT2D eigenvalue weighted by Crippen LogP contribution is -2.25. The number of benzene rings is 1. The molecule has 4 nitrogen and oxygen atoms in total. The van der Waals surface area contributed by atoms with E-state index in [-0.39, 0.29) is 17.0 Å². The van der Waals surface area contributed by atoms with Crippen LogP contribution in [0, 0.1) is 11.7 Å². The van der Waals surface area contributed by atoms with E-state index in [1.807, 2.05) is 0 Å². The number of carbonyl (C=O) groups is 2. The summed E-state index contributed by atoms with van der Waals surface area (Å²) in [5, 5.41) is 11.2. The van der Waals surface area contributed by atoms with Crippen LogP contribution in [0.15, 0.2) is 24.3 Å². The molecule has 0 unspecified atom stereocenters. The Morgan fingerprint density at radius 1 is 1.42 bits per heavy atom. The van der Waals surface area contributed by atoms with E-state index < -0.39 is 11.8 Å². The van der Waals surface area contributed by atoms with E-state index in [9.17, 15) is 14.0 Å². The number of carboxylic acids is 1. The zero-order valence-corrected chi connectivity index (χ0v) is 10.2. The van der Waals surface area contributed by atoms with E-state index in [4.69, 9.17) is 5.11 Å². The summed E-state index contributed by atoms with van der Waals surface area (Å²) in [4.78, 5) is 22.1. The van der Waals surface area contributed by atoms with Gasteiger partial charge in [-0.1, -0.05) is 6.07 Å². The van der Waals surface area contributed by atoms with E-state index in [2.05, 4.69) is 5.32 Å². The van der Waals surface area contributed by atoms with Gasteiger partial charge in [0, 0.05) is 23.7 Å². The summed E-state index contributed by atoms with van der Waals surface area (Å²) in [5.41, 5.74) is 0.381. The minimum Gasteiger partial charge on any atom is -0.478 e. The summed E-state index contributed by atoms with van der Waals surface area (Å²) < 4.78 is 13.6. The lowest BCUT2D eigenvalue weighted by molar-refractivity contribution is -0.131. The number of amides is 1. The number of halogens is 1. The van der Waals surface area contributed by atoms with Gasteiger partial charge in [-0.25, -0.2) is 9.18 Å². The Morgan fingerprint density at radius 2 is 2.16 bits per heavy atom. The second-order valence-corrected chi connectivity index (χ2v) is 4.56. The molecule has 0 radical (unpaired) electrons. The Morgan fingerprint density at radius 3 is 2.74 bits per heavy atom. The first kappa shape index (κ1) is 13.3. The Kier molecular flexibility index (Phi) is 3.94. The van der Waals surface area contributed by atoms with Crippen LogP contribution in [0.2, 0.25) is 0 Å². The van der Waals surface area contributed by atoms with Crippen LogP contribution in [-0.2, 0) is 4.79 Å². The second kappa shape index (κ2) is 5.65. The van der Waals surface area contributed by atoms with E-state index in [0.717, 1.165) is 31.1 Å². The highest BCUT2D eigenvalue weighted by atomic mass is 19.1. The molecule has 1 fully saturated rings. The zero-order valence-electron chi connectivity index (χ0n) is 10.2. The Labute approximate surface area is 109 Å². The van der Waals surface area contributed by atoms with Crippen LogP contribution in [0.3, 0.4) is 0 Å². The summed E-state index contributed by atoms with van der Waals surface area (Å²) in [6, 6.07) is 3.98. The third-order valence-corrected chi connectivity index (χ3v) is 2.92. The third kappa shape index (κ3) is 3.91. The van der Waals surface area contributed by atoms with E-state index in [0.29, 0.717) is 12.5 Å². The van der Waals surface area contributed by atoms with Gasteiger partial charge in [0.15, 0.2) is 0 Å². The first-order valence-electron chi connectivity index (χ1n) is 6.05. The quantitative estimate of drug-likeness (QED) is 0.799. The maximum atomic E-state index is 13.6. The van der Waals surface area contributed by atoms with Crippen molar-refractivity contribution in [3.63, 3.8) is 0 Å². The predicted molar refractivity (Wildman–Crippen MR) is 68.1 cm³/mol. The molecule has 1 aliphatic rings. The SMILES string of the molecule is O=C(O)C=Cc1ccc(C(=O)NCC2CC2)cc1F. The van der Waals surface area contributed by atoms with Crippen LogP contribution < -0.4 is 5.32 Å². The van der Waals surface area contributed by atoms with Crippen LogP contribution in [0.5, 0.6) is 0 Å². The summed E-state index contributed by atoms with van der Waals surface area (Å²) in [6.45, 7) is 0.626. The molecule has 1 aromatic carbocycles. The van der Waals surface area contributed by atoms with Crippen LogP contribution in [0.4, 0.5) is 4.39 Å². The summed E-state index contributed by atoms with van der Waals surface area (Å²) in [7, 11) is 0. The van der Waals surface area contributed by atoms with Crippen LogP contribution in [0.1, 0.15) is 28.8 Å². The molecular formula is C14H14FNO3. The first-order valence-corrected chi connectivity index (χ1v) is 6.05. The fourth-order valence-electron chi connectivity index (χ4n) is 1.63. The van der Waals surface area contributed by atoms with Crippen molar-refractivity contribution >= 4 is 18.0 Å². The fraction of sp³-hybridized carbons (Fsp3) is 0.286. The average Bonchev–Trinajstić information content (AvgIpc) is 3.18. The highest BCUT2D eigenvalue weighted by Crippen LogP contribution is 2.27. The highest BCUT2D eigenvalue weighted by molar-refractivity contribution is 5.94. The molecular weight excluding hydrogens is 249 g/mol. The zero-order chi connectivity index (χ0) is 13.8. The molecule has 19 heavy (non-hydrogen) atoms. The van der Waals surface area contributed by atoms with Crippen molar-refractivity contribution in [2.75, 3.05) is 6.54 Å². The van der Waals surface area contributed by atoms with Gasteiger partial charge in [0.1, 0.15) is 5.82 Å². The normalized spacial score (nSPS) is 14.6. The molecule has 0 aliphatic heterocycles. The maximum Gasteiger partial charge on any atom is 0.328 e. The van der Waals surface area contributed by atoms with E-state index >= 15 is 0 Å². The summed E-state index contributed by atoms with van der Waals surface area (Å²) >= 11 is 0. The number of hydrogen-bond acceptors (Lipinski definition) is 2. The minimum atomic E-state index is -1.15. The van der Waals surface area contributed by atoms with Crippen molar-refractivity contribution in [2.45, 2.75) is 12.8 Å². The number of rotatable bonds is 5. The van der Waals surface area contributed by atoms with Crippen molar-refractivity contribution in [2.24, 2.45) is 5.92 Å². The fourth-order valence-corrected chi connectivity index (χ4v) is 1.63.